The number of carboxylic acid groups (broad SMARTS) is 1. The Morgan fingerprint density at radius 1 is 1.29 bits per heavy atom. The van der Waals surface area contributed by atoms with Crippen LogP contribution in [0.1, 0.15) is 32.8 Å². The number of rotatable bonds is 7. The second kappa shape index (κ2) is 6.05. The van der Waals surface area contributed by atoms with Crippen molar-refractivity contribution in [2.75, 3.05) is 0 Å². The fourth-order valence-corrected chi connectivity index (χ4v) is 5.65. The fourth-order valence-electron chi connectivity index (χ4n) is 2.31. The average molecular weight is 254 g/mol. The highest BCUT2D eigenvalue weighted by Gasteiger charge is 2.32. The molecule has 0 atom stereocenters. The Morgan fingerprint density at radius 3 is 2.35 bits per heavy atom. The molecule has 96 valence electrons. The summed E-state index contributed by atoms with van der Waals surface area (Å²) in [6.07, 6.45) is 2.49. The molecule has 0 amide bonds. The lowest BCUT2D eigenvalue weighted by atomic mass is 10.2. The van der Waals surface area contributed by atoms with Crippen molar-refractivity contribution >= 4 is 19.4 Å². The van der Waals surface area contributed by atoms with Gasteiger partial charge in [0, 0.05) is 6.42 Å². The molecule has 0 aliphatic rings. The van der Waals surface area contributed by atoms with E-state index in [4.69, 9.17) is 9.52 Å². The van der Waals surface area contributed by atoms with Gasteiger partial charge in [-0.05, 0) is 18.1 Å². The molecule has 0 unspecified atom stereocenters. The van der Waals surface area contributed by atoms with Gasteiger partial charge in [-0.25, -0.2) is 0 Å². The van der Waals surface area contributed by atoms with Gasteiger partial charge in [0.1, 0.15) is 8.07 Å². The van der Waals surface area contributed by atoms with E-state index in [2.05, 4.69) is 26.8 Å². The summed E-state index contributed by atoms with van der Waals surface area (Å²) >= 11 is 0. The molecule has 1 aromatic heterocycles. The summed E-state index contributed by atoms with van der Waals surface area (Å²) < 4.78 is 5.70. The van der Waals surface area contributed by atoms with Crippen LogP contribution in [0.4, 0.5) is 0 Å². The maximum Gasteiger partial charge on any atom is 0.303 e. The van der Waals surface area contributed by atoms with Crippen molar-refractivity contribution < 1.29 is 14.3 Å². The van der Waals surface area contributed by atoms with E-state index in [1.807, 2.05) is 0 Å². The predicted octanol–water partition coefficient (Wildman–Crippen LogP) is 3.01. The minimum atomic E-state index is -1.44. The van der Waals surface area contributed by atoms with Gasteiger partial charge in [0.25, 0.3) is 0 Å². The molecule has 0 aliphatic carbocycles. The molecular formula is C13H22O3Si. The van der Waals surface area contributed by atoms with Crippen molar-refractivity contribution in [3.63, 3.8) is 0 Å². The third-order valence-electron chi connectivity index (χ3n) is 3.83. The van der Waals surface area contributed by atoms with E-state index in [9.17, 15) is 4.79 Å². The van der Waals surface area contributed by atoms with E-state index in [-0.39, 0.29) is 6.42 Å². The smallest absolute Gasteiger partial charge is 0.303 e. The zero-order valence-electron chi connectivity index (χ0n) is 11.0. The number of carboxylic acids is 1. The van der Waals surface area contributed by atoms with E-state index < -0.39 is 14.0 Å². The molecule has 1 aromatic rings. The first-order chi connectivity index (χ1) is 8.07. The van der Waals surface area contributed by atoms with E-state index in [1.165, 1.54) is 18.1 Å². The van der Waals surface area contributed by atoms with Gasteiger partial charge >= 0.3 is 5.97 Å². The Bertz CT molecular complexity index is 358. The monoisotopic (exact) mass is 254 g/mol. The minimum absolute atomic E-state index is 0.178. The van der Waals surface area contributed by atoms with Crippen LogP contribution < -0.4 is 5.38 Å². The minimum Gasteiger partial charge on any atom is -0.481 e. The molecule has 1 heterocycles. The van der Waals surface area contributed by atoms with Crippen LogP contribution in [-0.2, 0) is 11.2 Å². The maximum absolute atomic E-state index is 10.5. The lowest BCUT2D eigenvalue weighted by molar-refractivity contribution is -0.136. The zero-order chi connectivity index (χ0) is 12.9. The summed E-state index contributed by atoms with van der Waals surface area (Å²) in [5.74, 6) is -0.752. The lowest BCUT2D eigenvalue weighted by Crippen LogP contribution is -2.44. The Labute approximate surface area is 104 Å². The molecule has 17 heavy (non-hydrogen) atoms. The first-order valence-electron chi connectivity index (χ1n) is 6.37. The second-order valence-corrected chi connectivity index (χ2v) is 9.73. The average Bonchev–Trinajstić information content (AvgIpc) is 2.79. The van der Waals surface area contributed by atoms with Gasteiger partial charge < -0.3 is 9.52 Å². The molecule has 4 heteroatoms. The van der Waals surface area contributed by atoms with E-state index in [1.54, 1.807) is 6.26 Å². The molecule has 3 nitrogen and oxygen atoms in total. The van der Waals surface area contributed by atoms with E-state index >= 15 is 0 Å². The summed E-state index contributed by atoms with van der Waals surface area (Å²) in [5.41, 5.74) is 1.02. The molecule has 1 N–H and O–H groups in total. The van der Waals surface area contributed by atoms with Gasteiger partial charge in [0.15, 0.2) is 0 Å². The quantitative estimate of drug-likeness (QED) is 0.761. The van der Waals surface area contributed by atoms with Gasteiger partial charge in [-0.15, -0.1) is 0 Å². The standard InChI is InChI=1S/C13H22O3Si/c1-4-17(5-2,6-3)13-9-11(10-16-13)7-8-12(14)15/h9-10H,4-8H2,1-3H3,(H,14,15). The molecule has 0 fully saturated rings. The first kappa shape index (κ1) is 14.0. The van der Waals surface area contributed by atoms with Gasteiger partial charge in [-0.2, -0.15) is 0 Å². The topological polar surface area (TPSA) is 50.4 Å². The molecule has 0 saturated carbocycles. The van der Waals surface area contributed by atoms with E-state index in [0.29, 0.717) is 6.42 Å². The van der Waals surface area contributed by atoms with Crippen molar-refractivity contribution in [2.45, 2.75) is 51.7 Å². The molecule has 0 aromatic carbocycles. The third-order valence-corrected chi connectivity index (χ3v) is 9.20. The molecule has 0 aliphatic heterocycles. The van der Waals surface area contributed by atoms with E-state index in [0.717, 1.165) is 10.9 Å². The Morgan fingerprint density at radius 2 is 1.88 bits per heavy atom. The number of aryl methyl sites for hydroxylation is 1. The van der Waals surface area contributed by atoms with Gasteiger partial charge in [-0.3, -0.25) is 4.79 Å². The largest absolute Gasteiger partial charge is 0.481 e. The summed E-state index contributed by atoms with van der Waals surface area (Å²) in [4.78, 5) is 10.5. The van der Waals surface area contributed by atoms with Crippen molar-refractivity contribution in [1.29, 1.82) is 0 Å². The fraction of sp³-hybridized carbons (Fsp3) is 0.615. The highest BCUT2D eigenvalue weighted by Crippen LogP contribution is 2.21. The van der Waals surface area contributed by atoms with Crippen LogP contribution in [0.2, 0.25) is 18.1 Å². The first-order valence-corrected chi connectivity index (χ1v) is 8.99. The number of hydrogen-bond acceptors (Lipinski definition) is 2. The Kier molecular flexibility index (Phi) is 4.99. The molecule has 0 bridgehead atoms. The molecular weight excluding hydrogens is 232 g/mol. The summed E-state index contributed by atoms with van der Waals surface area (Å²) in [7, 11) is -1.44. The van der Waals surface area contributed by atoms with Crippen LogP contribution in [0.15, 0.2) is 16.7 Å². The van der Waals surface area contributed by atoms with Crippen LogP contribution in [0.25, 0.3) is 0 Å². The van der Waals surface area contributed by atoms with Crippen molar-refractivity contribution in [2.24, 2.45) is 0 Å². The van der Waals surface area contributed by atoms with Gasteiger partial charge in [0.05, 0.1) is 11.6 Å². The Balaban J connectivity index is 2.81. The summed E-state index contributed by atoms with van der Waals surface area (Å²) in [5, 5.41) is 9.80. The van der Waals surface area contributed by atoms with Gasteiger partial charge in [0.2, 0.25) is 0 Å². The van der Waals surface area contributed by atoms with Crippen LogP contribution in [0, 0.1) is 0 Å². The van der Waals surface area contributed by atoms with Gasteiger partial charge in [-0.1, -0.05) is 38.9 Å². The molecule has 1 rings (SSSR count). The molecule has 0 spiro atoms. The normalized spacial score (nSPS) is 11.7. The third kappa shape index (κ3) is 3.22. The van der Waals surface area contributed by atoms with Crippen molar-refractivity contribution in [3.05, 3.63) is 17.9 Å². The van der Waals surface area contributed by atoms with Crippen molar-refractivity contribution in [3.8, 4) is 0 Å². The maximum atomic E-state index is 10.5. The van der Waals surface area contributed by atoms with Crippen LogP contribution in [-0.4, -0.2) is 19.1 Å². The SMILES string of the molecule is CC[Si](CC)(CC)c1cc(CCC(=O)O)co1. The molecule has 0 radical (unpaired) electrons. The van der Waals surface area contributed by atoms with Crippen LogP contribution >= 0.6 is 0 Å². The Hall–Kier alpha value is -1.03. The van der Waals surface area contributed by atoms with Crippen molar-refractivity contribution in [1.82, 2.24) is 0 Å². The number of carbonyl (C=O) groups is 1. The molecule has 0 saturated heterocycles. The van der Waals surface area contributed by atoms with Crippen LogP contribution in [0.5, 0.6) is 0 Å². The number of hydrogen-bond donors (Lipinski definition) is 1. The summed E-state index contributed by atoms with van der Waals surface area (Å²) in [6.45, 7) is 6.70. The number of aliphatic carboxylic acids is 1. The lowest BCUT2D eigenvalue weighted by Gasteiger charge is -2.24. The second-order valence-electron chi connectivity index (χ2n) is 4.55. The highest BCUT2D eigenvalue weighted by molar-refractivity contribution is 6.90. The predicted molar refractivity (Wildman–Crippen MR) is 71.5 cm³/mol. The highest BCUT2D eigenvalue weighted by atomic mass is 28.3. The van der Waals surface area contributed by atoms with Crippen LogP contribution in [0.3, 0.4) is 0 Å². The summed E-state index contributed by atoms with van der Waals surface area (Å²) in [6, 6.07) is 5.65. The number of furan rings is 1. The zero-order valence-corrected chi connectivity index (χ0v) is 12.0.